The summed E-state index contributed by atoms with van der Waals surface area (Å²) in [5, 5.41) is 0.977. The maximum atomic E-state index is 12.1. The fourth-order valence-corrected chi connectivity index (χ4v) is 3.00. The molecule has 0 aliphatic carbocycles. The van der Waals surface area contributed by atoms with Gasteiger partial charge in [0.05, 0.1) is 23.9 Å². The number of hydrogen-bond donors (Lipinski definition) is 0. The van der Waals surface area contributed by atoms with Crippen LogP contribution in [0.5, 0.6) is 0 Å². The number of rotatable bonds is 3. The fraction of sp³-hybridized carbons (Fsp3) is 0.0909. The van der Waals surface area contributed by atoms with Crippen LogP contribution in [-0.4, -0.2) is 28.0 Å². The van der Waals surface area contributed by atoms with Gasteiger partial charge in [-0.05, 0) is 30.7 Å². The smallest absolute Gasteiger partial charge is 0.338 e. The molecule has 0 spiro atoms. The van der Waals surface area contributed by atoms with Gasteiger partial charge in [-0.2, -0.15) is 0 Å². The summed E-state index contributed by atoms with van der Waals surface area (Å²) in [6.45, 7) is 1.96. The minimum Gasteiger partial charge on any atom is -0.465 e. The van der Waals surface area contributed by atoms with Crippen LogP contribution in [0, 0.1) is 6.92 Å². The summed E-state index contributed by atoms with van der Waals surface area (Å²) in [4.78, 5) is 26.0. The topological polar surface area (TPSA) is 65.0 Å². The van der Waals surface area contributed by atoms with Crippen molar-refractivity contribution in [3.63, 3.8) is 0 Å². The SMILES string of the molecule is COC(=O)c1ccccc1-c1nc(-c2ncc3ccccc3n2)ccc1C. The molecule has 0 saturated carbocycles. The zero-order valence-corrected chi connectivity index (χ0v) is 15.0. The average molecular weight is 355 g/mol. The molecule has 0 N–H and O–H groups in total. The second kappa shape index (κ2) is 6.96. The second-order valence-electron chi connectivity index (χ2n) is 6.15. The molecule has 2 aromatic carbocycles. The molecule has 0 bridgehead atoms. The van der Waals surface area contributed by atoms with Gasteiger partial charge in [-0.3, -0.25) is 0 Å². The lowest BCUT2D eigenvalue weighted by Gasteiger charge is -2.11. The number of para-hydroxylation sites is 1. The molecule has 0 amide bonds. The first kappa shape index (κ1) is 16.8. The molecule has 2 heterocycles. The molecule has 0 fully saturated rings. The van der Waals surface area contributed by atoms with Crippen molar-refractivity contribution in [1.29, 1.82) is 0 Å². The Morgan fingerprint density at radius 2 is 1.70 bits per heavy atom. The van der Waals surface area contributed by atoms with Crippen LogP contribution >= 0.6 is 0 Å². The molecule has 0 atom stereocenters. The maximum Gasteiger partial charge on any atom is 0.338 e. The van der Waals surface area contributed by atoms with E-state index in [1.165, 1.54) is 7.11 Å². The molecular weight excluding hydrogens is 338 g/mol. The van der Waals surface area contributed by atoms with Crippen LogP contribution in [-0.2, 0) is 4.74 Å². The third-order valence-electron chi connectivity index (χ3n) is 4.40. The van der Waals surface area contributed by atoms with E-state index in [1.807, 2.05) is 55.5 Å². The van der Waals surface area contributed by atoms with E-state index >= 15 is 0 Å². The van der Waals surface area contributed by atoms with E-state index in [2.05, 4.69) is 9.97 Å². The number of carbonyl (C=O) groups excluding carboxylic acids is 1. The van der Waals surface area contributed by atoms with Crippen molar-refractivity contribution >= 4 is 16.9 Å². The van der Waals surface area contributed by atoms with Crippen LogP contribution in [0.15, 0.2) is 66.9 Å². The Hall–Kier alpha value is -3.60. The van der Waals surface area contributed by atoms with Crippen molar-refractivity contribution in [3.05, 3.63) is 78.0 Å². The summed E-state index contributed by atoms with van der Waals surface area (Å²) in [6, 6.07) is 19.0. The third kappa shape index (κ3) is 3.15. The first-order chi connectivity index (χ1) is 13.2. The highest BCUT2D eigenvalue weighted by Crippen LogP contribution is 2.28. The van der Waals surface area contributed by atoms with Gasteiger partial charge in [0.1, 0.15) is 5.69 Å². The van der Waals surface area contributed by atoms with Crippen LogP contribution in [0.4, 0.5) is 0 Å². The normalized spacial score (nSPS) is 10.7. The van der Waals surface area contributed by atoms with Crippen LogP contribution in [0.2, 0.25) is 0 Å². The molecule has 4 rings (SSSR count). The molecule has 2 aromatic heterocycles. The number of aryl methyl sites for hydroxylation is 1. The predicted octanol–water partition coefficient (Wildman–Crippen LogP) is 4.45. The predicted molar refractivity (Wildman–Crippen MR) is 104 cm³/mol. The number of carbonyl (C=O) groups is 1. The minimum absolute atomic E-state index is 0.390. The van der Waals surface area contributed by atoms with Crippen molar-refractivity contribution < 1.29 is 9.53 Å². The zero-order chi connectivity index (χ0) is 18.8. The summed E-state index contributed by atoms with van der Waals surface area (Å²) >= 11 is 0. The third-order valence-corrected chi connectivity index (χ3v) is 4.40. The number of nitrogens with zero attached hydrogens (tertiary/aromatic N) is 3. The molecule has 0 unspecified atom stereocenters. The van der Waals surface area contributed by atoms with E-state index in [1.54, 1.807) is 18.3 Å². The summed E-state index contributed by atoms with van der Waals surface area (Å²) in [5.41, 5.74) is 4.39. The van der Waals surface area contributed by atoms with Gasteiger partial charge < -0.3 is 4.74 Å². The highest BCUT2D eigenvalue weighted by atomic mass is 16.5. The lowest BCUT2D eigenvalue weighted by Crippen LogP contribution is -2.05. The summed E-state index contributed by atoms with van der Waals surface area (Å²) in [5.74, 6) is 0.157. The van der Waals surface area contributed by atoms with Crippen molar-refractivity contribution in [2.45, 2.75) is 6.92 Å². The van der Waals surface area contributed by atoms with Crippen LogP contribution < -0.4 is 0 Å². The van der Waals surface area contributed by atoms with E-state index in [9.17, 15) is 4.79 Å². The van der Waals surface area contributed by atoms with Crippen LogP contribution in [0.1, 0.15) is 15.9 Å². The zero-order valence-electron chi connectivity index (χ0n) is 15.0. The van der Waals surface area contributed by atoms with Gasteiger partial charge in [-0.1, -0.05) is 42.5 Å². The quantitative estimate of drug-likeness (QED) is 0.508. The van der Waals surface area contributed by atoms with E-state index < -0.39 is 0 Å². The van der Waals surface area contributed by atoms with Gasteiger partial charge in [-0.25, -0.2) is 19.7 Å². The average Bonchev–Trinajstić information content (AvgIpc) is 2.73. The number of ether oxygens (including phenoxy) is 1. The molecule has 0 aliphatic rings. The standard InChI is InChI=1S/C22H17N3O2/c1-14-11-12-19(21-23-13-15-7-3-6-10-18(15)25-21)24-20(14)16-8-4-5-9-17(16)22(26)27-2/h3-13H,1-2H3. The van der Waals surface area contributed by atoms with Crippen molar-refractivity contribution in [3.8, 4) is 22.8 Å². The van der Waals surface area contributed by atoms with Gasteiger partial charge in [0.2, 0.25) is 0 Å². The van der Waals surface area contributed by atoms with Gasteiger partial charge in [-0.15, -0.1) is 0 Å². The van der Waals surface area contributed by atoms with Crippen LogP contribution in [0.3, 0.4) is 0 Å². The molecule has 132 valence electrons. The lowest BCUT2D eigenvalue weighted by molar-refractivity contribution is 0.0601. The van der Waals surface area contributed by atoms with Crippen molar-refractivity contribution in [1.82, 2.24) is 15.0 Å². The molecular formula is C22H17N3O2. The van der Waals surface area contributed by atoms with Crippen LogP contribution in [0.25, 0.3) is 33.7 Å². The Morgan fingerprint density at radius 3 is 2.56 bits per heavy atom. The second-order valence-corrected chi connectivity index (χ2v) is 6.15. The molecule has 5 nitrogen and oxygen atoms in total. The Labute approximate surface area is 156 Å². The van der Waals surface area contributed by atoms with Gasteiger partial charge in [0.15, 0.2) is 5.82 Å². The lowest BCUT2D eigenvalue weighted by atomic mass is 10.0. The summed E-state index contributed by atoms with van der Waals surface area (Å²) in [7, 11) is 1.37. The number of methoxy groups -OCH3 is 1. The Balaban J connectivity index is 1.86. The first-order valence-electron chi connectivity index (χ1n) is 8.55. The van der Waals surface area contributed by atoms with Gasteiger partial charge >= 0.3 is 5.97 Å². The Morgan fingerprint density at radius 1 is 0.926 bits per heavy atom. The molecule has 0 aliphatic heterocycles. The highest BCUT2D eigenvalue weighted by Gasteiger charge is 2.16. The monoisotopic (exact) mass is 355 g/mol. The minimum atomic E-state index is -0.390. The Bertz CT molecular complexity index is 1160. The van der Waals surface area contributed by atoms with Crippen molar-refractivity contribution in [2.75, 3.05) is 7.11 Å². The van der Waals surface area contributed by atoms with Gasteiger partial charge in [0.25, 0.3) is 0 Å². The summed E-state index contributed by atoms with van der Waals surface area (Å²) in [6.07, 6.45) is 1.79. The molecule has 27 heavy (non-hydrogen) atoms. The summed E-state index contributed by atoms with van der Waals surface area (Å²) < 4.78 is 4.91. The molecule has 5 heteroatoms. The number of fused-ring (bicyclic) bond motifs is 1. The molecule has 0 saturated heterocycles. The molecule has 0 radical (unpaired) electrons. The Kier molecular flexibility index (Phi) is 4.34. The van der Waals surface area contributed by atoms with Gasteiger partial charge in [0, 0.05) is 17.1 Å². The number of pyridine rings is 1. The number of aromatic nitrogens is 3. The number of hydrogen-bond acceptors (Lipinski definition) is 5. The highest BCUT2D eigenvalue weighted by molar-refractivity contribution is 5.97. The number of benzene rings is 2. The largest absolute Gasteiger partial charge is 0.465 e. The van der Waals surface area contributed by atoms with E-state index in [4.69, 9.17) is 9.72 Å². The fourth-order valence-electron chi connectivity index (χ4n) is 3.00. The van der Waals surface area contributed by atoms with E-state index in [0.717, 1.165) is 22.0 Å². The molecule has 4 aromatic rings. The van der Waals surface area contributed by atoms with E-state index in [-0.39, 0.29) is 5.97 Å². The number of esters is 1. The van der Waals surface area contributed by atoms with E-state index in [0.29, 0.717) is 22.8 Å². The first-order valence-corrected chi connectivity index (χ1v) is 8.55. The maximum absolute atomic E-state index is 12.1. The van der Waals surface area contributed by atoms with Crippen molar-refractivity contribution in [2.24, 2.45) is 0 Å².